The second-order valence-electron chi connectivity index (χ2n) is 10.2. The maximum atomic E-state index is 12.5. The molecule has 49 heavy (non-hydrogen) atoms. The van der Waals surface area contributed by atoms with E-state index in [0.717, 1.165) is 0 Å². The van der Waals surface area contributed by atoms with Crippen molar-refractivity contribution in [2.45, 2.75) is 32.7 Å². The zero-order chi connectivity index (χ0) is 35.7. The summed E-state index contributed by atoms with van der Waals surface area (Å²) in [7, 11) is 1.24. The summed E-state index contributed by atoms with van der Waals surface area (Å²) in [6.07, 6.45) is -0.0585. The normalized spacial score (nSPS) is 14.8. The highest BCUT2D eigenvalue weighted by molar-refractivity contribution is 9.10. The van der Waals surface area contributed by atoms with Crippen molar-refractivity contribution in [2.24, 2.45) is 5.10 Å². The second kappa shape index (κ2) is 16.4. The number of halogens is 1. The number of nitrogens with one attached hydrogen (secondary N) is 3. The largest absolute Gasteiger partial charge is 0.490 e. The lowest BCUT2D eigenvalue weighted by Gasteiger charge is -2.28. The monoisotopic (exact) mass is 742 g/mol. The number of nitrogens with zero attached hydrogens (tertiary/aromatic N) is 3. The number of esters is 1. The highest BCUT2D eigenvalue weighted by Gasteiger charge is 2.32. The Hall–Kier alpha value is -5.75. The first-order valence-electron chi connectivity index (χ1n) is 14.5. The van der Waals surface area contributed by atoms with Crippen molar-refractivity contribution in [3.8, 4) is 17.2 Å². The summed E-state index contributed by atoms with van der Waals surface area (Å²) in [6, 6.07) is 11.8. The fourth-order valence-corrected chi connectivity index (χ4v) is 5.22. The van der Waals surface area contributed by atoms with Crippen LogP contribution in [0, 0.1) is 20.2 Å². The molecule has 0 saturated carbocycles. The highest BCUT2D eigenvalue weighted by Crippen LogP contribution is 2.37. The number of non-ortho nitro benzene ring substituents is 1. The molecule has 0 spiro atoms. The summed E-state index contributed by atoms with van der Waals surface area (Å²) in [5.41, 5.74) is 3.98. The van der Waals surface area contributed by atoms with E-state index < -0.39 is 34.1 Å². The molecule has 0 aliphatic carbocycles. The van der Waals surface area contributed by atoms with Gasteiger partial charge in [0.1, 0.15) is 13.2 Å². The molecule has 2 atom stereocenters. The summed E-state index contributed by atoms with van der Waals surface area (Å²) in [5, 5.41) is 42.3. The number of hydrogen-bond acceptors (Lipinski definition) is 13. The van der Waals surface area contributed by atoms with Crippen LogP contribution in [0.5, 0.6) is 17.2 Å². The van der Waals surface area contributed by atoms with Crippen molar-refractivity contribution in [1.29, 1.82) is 0 Å². The Bertz CT molecular complexity index is 1800. The molecule has 4 N–H and O–H groups in total. The van der Waals surface area contributed by atoms with Crippen LogP contribution in [0.1, 0.15) is 36.6 Å². The van der Waals surface area contributed by atoms with E-state index in [1.165, 1.54) is 49.7 Å². The van der Waals surface area contributed by atoms with Gasteiger partial charge in [0.15, 0.2) is 17.7 Å². The number of nitro benzene ring substituents is 2. The molecule has 18 heteroatoms. The Kier molecular flexibility index (Phi) is 12.1. The molecule has 0 aromatic heterocycles. The number of amides is 2. The number of rotatable bonds is 15. The predicted octanol–water partition coefficient (Wildman–Crippen LogP) is 4.37. The molecule has 0 bridgehead atoms. The number of ether oxygens (including phenoxy) is 4. The molecule has 0 fully saturated rings. The van der Waals surface area contributed by atoms with Gasteiger partial charge in [-0.05, 0) is 71.2 Å². The van der Waals surface area contributed by atoms with Gasteiger partial charge in [-0.15, -0.1) is 0 Å². The first-order chi connectivity index (χ1) is 23.4. The van der Waals surface area contributed by atoms with E-state index >= 15 is 0 Å². The lowest BCUT2D eigenvalue weighted by atomic mass is 9.95. The van der Waals surface area contributed by atoms with Gasteiger partial charge in [-0.3, -0.25) is 25.7 Å². The number of allylic oxidation sites excluding steroid dienone is 1. The summed E-state index contributed by atoms with van der Waals surface area (Å²) in [5.74, 6) is -0.111. The van der Waals surface area contributed by atoms with Gasteiger partial charge in [0.2, 0.25) is 5.75 Å². The summed E-state index contributed by atoms with van der Waals surface area (Å²) < 4.78 is 22.3. The number of carbonyl (C=O) groups is 2. The Morgan fingerprint density at radius 2 is 1.82 bits per heavy atom. The van der Waals surface area contributed by atoms with Crippen LogP contribution in [0.2, 0.25) is 0 Å². The van der Waals surface area contributed by atoms with Gasteiger partial charge in [-0.1, -0.05) is 6.07 Å². The topological polar surface area (TPSA) is 226 Å². The van der Waals surface area contributed by atoms with Gasteiger partial charge < -0.3 is 34.7 Å². The molecule has 3 aromatic carbocycles. The fourth-order valence-electron chi connectivity index (χ4n) is 4.64. The van der Waals surface area contributed by atoms with E-state index in [9.17, 15) is 34.9 Å². The number of aliphatic hydroxyl groups excluding tert-OH is 1. The molecule has 4 rings (SSSR count). The lowest BCUT2D eigenvalue weighted by Crippen LogP contribution is -2.45. The number of hydrazone groups is 1. The molecule has 258 valence electrons. The summed E-state index contributed by atoms with van der Waals surface area (Å²) >= 11 is 3.28. The van der Waals surface area contributed by atoms with Crippen molar-refractivity contribution in [3.05, 3.63) is 107 Å². The van der Waals surface area contributed by atoms with Crippen LogP contribution < -0.4 is 30.3 Å². The number of nitro groups is 2. The Balaban J connectivity index is 1.40. The van der Waals surface area contributed by atoms with Gasteiger partial charge in [0.05, 0.1) is 45.9 Å². The van der Waals surface area contributed by atoms with E-state index in [2.05, 4.69) is 37.1 Å². The third-order valence-corrected chi connectivity index (χ3v) is 7.47. The van der Waals surface area contributed by atoms with Crippen LogP contribution in [-0.4, -0.2) is 59.7 Å². The molecule has 0 unspecified atom stereocenters. The van der Waals surface area contributed by atoms with E-state index in [1.807, 2.05) is 0 Å². The van der Waals surface area contributed by atoms with Crippen molar-refractivity contribution < 1.29 is 43.5 Å². The van der Waals surface area contributed by atoms with Crippen molar-refractivity contribution in [1.82, 2.24) is 16.1 Å². The smallest absolute Gasteiger partial charge is 0.337 e. The van der Waals surface area contributed by atoms with Crippen LogP contribution in [0.3, 0.4) is 0 Å². The van der Waals surface area contributed by atoms with E-state index in [1.54, 1.807) is 32.0 Å². The molecule has 17 nitrogen and oxygen atoms in total. The Labute approximate surface area is 287 Å². The van der Waals surface area contributed by atoms with E-state index in [4.69, 9.17) is 18.9 Å². The van der Waals surface area contributed by atoms with Gasteiger partial charge in [-0.2, -0.15) is 5.10 Å². The van der Waals surface area contributed by atoms with Crippen LogP contribution >= 0.6 is 15.9 Å². The molecule has 0 saturated heterocycles. The van der Waals surface area contributed by atoms with Crippen LogP contribution in [0.15, 0.2) is 75.4 Å². The molecule has 1 heterocycles. The van der Waals surface area contributed by atoms with E-state index in [-0.39, 0.29) is 52.7 Å². The number of hydrogen-bond donors (Lipinski definition) is 4. The molecule has 1 aliphatic heterocycles. The van der Waals surface area contributed by atoms with Crippen LogP contribution in [0.4, 0.5) is 16.2 Å². The van der Waals surface area contributed by atoms with Gasteiger partial charge in [0.25, 0.3) is 5.69 Å². The van der Waals surface area contributed by atoms with Gasteiger partial charge in [-0.25, -0.2) is 9.59 Å². The number of benzene rings is 3. The first kappa shape index (κ1) is 36.1. The van der Waals surface area contributed by atoms with Gasteiger partial charge in [0, 0.05) is 29.5 Å². The Morgan fingerprint density at radius 3 is 2.47 bits per heavy atom. The highest BCUT2D eigenvalue weighted by atomic mass is 79.9. The second-order valence-corrected chi connectivity index (χ2v) is 11.1. The molecule has 2 amide bonds. The van der Waals surface area contributed by atoms with Crippen molar-refractivity contribution >= 4 is 45.5 Å². The van der Waals surface area contributed by atoms with Crippen LogP contribution in [-0.2, 0) is 16.1 Å². The molecular formula is C31H31BrN6O11. The zero-order valence-electron chi connectivity index (χ0n) is 26.3. The van der Waals surface area contributed by atoms with Crippen LogP contribution in [0.25, 0.3) is 0 Å². The SMILES string of the molecule is CCOc1cc([C@@H]2NC(=O)NC(C)=C2C(=O)OC)ccc1OC[C@@H](O)N/N=C/c1cc(Br)c(OCc2ccc([N+](=O)[O-])cc2)c([N+](=O)[O-])c1. The molecule has 3 aromatic rings. The fraction of sp³-hybridized carbons (Fsp3) is 0.258. The maximum Gasteiger partial charge on any atom is 0.337 e. The minimum absolute atomic E-state index is 0.0479. The summed E-state index contributed by atoms with van der Waals surface area (Å²) in [6.45, 7) is 3.26. The lowest BCUT2D eigenvalue weighted by molar-refractivity contribution is -0.386. The average Bonchev–Trinajstić information content (AvgIpc) is 3.06. The quantitative estimate of drug-likeness (QED) is 0.0560. The standard InChI is InChI=1S/C31H31BrN6O11/c1-4-47-25-13-20(28-27(30(40)46-3)17(2)34-31(41)35-28)7-10-24(25)48-16-26(39)36-33-14-19-11-22(32)29(23(12-19)38(44)45)49-15-18-5-8-21(9-6-18)37(42)43/h5-14,26,28,36,39H,4,15-16H2,1-3H3,(H2,34,35,41)/b33-14+/t26-,28+/m1/s1. The predicted molar refractivity (Wildman–Crippen MR) is 177 cm³/mol. The van der Waals surface area contributed by atoms with Gasteiger partial charge >= 0.3 is 17.7 Å². The number of urea groups is 1. The maximum absolute atomic E-state index is 12.5. The Morgan fingerprint density at radius 1 is 1.08 bits per heavy atom. The third-order valence-electron chi connectivity index (χ3n) is 6.88. The van der Waals surface area contributed by atoms with E-state index in [0.29, 0.717) is 28.1 Å². The number of methoxy groups -OCH3 is 1. The zero-order valence-corrected chi connectivity index (χ0v) is 27.9. The molecule has 1 aliphatic rings. The van der Waals surface area contributed by atoms with Crippen molar-refractivity contribution in [2.75, 3.05) is 20.3 Å². The molecular weight excluding hydrogens is 712 g/mol. The number of aliphatic hydroxyl groups is 1. The minimum atomic E-state index is -1.31. The van der Waals surface area contributed by atoms with Crippen molar-refractivity contribution in [3.63, 3.8) is 0 Å². The third kappa shape index (κ3) is 9.20. The number of carbonyl (C=O) groups excluding carboxylic acids is 2. The summed E-state index contributed by atoms with van der Waals surface area (Å²) in [4.78, 5) is 46.1. The average molecular weight is 744 g/mol. The molecule has 0 radical (unpaired) electrons. The minimum Gasteiger partial charge on any atom is -0.490 e. The first-order valence-corrected chi connectivity index (χ1v) is 15.3.